The highest BCUT2D eigenvalue weighted by Gasteiger charge is 2.30. The molecule has 1 aromatic rings. The number of guanidine groups is 1. The highest BCUT2D eigenvalue weighted by Crippen LogP contribution is 2.29. The number of aliphatic imine (C=N–C) groups is 1. The number of rotatable bonds is 9. The van der Waals surface area contributed by atoms with Crippen molar-refractivity contribution in [3.8, 4) is 5.88 Å². The number of halogens is 3. The lowest BCUT2D eigenvalue weighted by atomic mass is 10.3. The van der Waals surface area contributed by atoms with Gasteiger partial charge in [0.2, 0.25) is 5.88 Å². The molecule has 24 heavy (non-hydrogen) atoms. The molecule has 1 rings (SSSR count). The lowest BCUT2D eigenvalue weighted by Crippen LogP contribution is -2.39. The first-order chi connectivity index (χ1) is 11.5. The van der Waals surface area contributed by atoms with Gasteiger partial charge in [0.25, 0.3) is 0 Å². The smallest absolute Gasteiger partial charge is 0.417 e. The summed E-state index contributed by atoms with van der Waals surface area (Å²) in [6.45, 7) is 1.57. The number of unbranched alkanes of at least 4 members (excludes halogenated alkanes) is 1. The van der Waals surface area contributed by atoms with Crippen LogP contribution in [0.3, 0.4) is 0 Å². The van der Waals surface area contributed by atoms with E-state index in [-0.39, 0.29) is 12.5 Å². The van der Waals surface area contributed by atoms with Crippen LogP contribution in [0.25, 0.3) is 0 Å². The Hall–Kier alpha value is -1.64. The van der Waals surface area contributed by atoms with E-state index < -0.39 is 11.7 Å². The molecule has 0 saturated carbocycles. The van der Waals surface area contributed by atoms with Crippen LogP contribution in [0, 0.1) is 0 Å². The fourth-order valence-electron chi connectivity index (χ4n) is 1.76. The topological polar surface area (TPSA) is 58.5 Å². The second-order valence-corrected chi connectivity index (χ2v) is 5.84. The first kappa shape index (κ1) is 20.4. The zero-order valence-corrected chi connectivity index (χ0v) is 14.6. The van der Waals surface area contributed by atoms with Crippen molar-refractivity contribution in [2.75, 3.05) is 38.8 Å². The Labute approximate surface area is 144 Å². The van der Waals surface area contributed by atoms with Gasteiger partial charge < -0.3 is 15.4 Å². The van der Waals surface area contributed by atoms with E-state index in [0.717, 1.165) is 37.4 Å². The average Bonchev–Trinajstić information content (AvgIpc) is 2.56. The number of alkyl halides is 3. The van der Waals surface area contributed by atoms with Gasteiger partial charge >= 0.3 is 6.18 Å². The molecular formula is C15H23F3N4OS. The number of nitrogens with one attached hydrogen (secondary N) is 2. The Morgan fingerprint density at radius 1 is 1.25 bits per heavy atom. The number of pyridine rings is 1. The summed E-state index contributed by atoms with van der Waals surface area (Å²) in [7, 11) is 1.68. The van der Waals surface area contributed by atoms with Gasteiger partial charge in [0, 0.05) is 25.9 Å². The minimum absolute atomic E-state index is 0.157. The van der Waals surface area contributed by atoms with Crippen LogP contribution < -0.4 is 15.4 Å². The highest BCUT2D eigenvalue weighted by molar-refractivity contribution is 7.98. The molecule has 136 valence electrons. The van der Waals surface area contributed by atoms with Crippen LogP contribution in [0.15, 0.2) is 23.3 Å². The van der Waals surface area contributed by atoms with Crippen molar-refractivity contribution < 1.29 is 17.9 Å². The van der Waals surface area contributed by atoms with Gasteiger partial charge in [-0.05, 0) is 30.9 Å². The van der Waals surface area contributed by atoms with Crippen molar-refractivity contribution in [1.82, 2.24) is 15.6 Å². The molecule has 0 atom stereocenters. The predicted octanol–water partition coefficient (Wildman–Crippen LogP) is 2.79. The monoisotopic (exact) mass is 364 g/mol. The Bertz CT molecular complexity index is 494. The summed E-state index contributed by atoms with van der Waals surface area (Å²) in [6.07, 6.45) is 0.666. The zero-order chi connectivity index (χ0) is 17.8. The van der Waals surface area contributed by atoms with Crippen molar-refractivity contribution in [1.29, 1.82) is 0 Å². The van der Waals surface area contributed by atoms with Crippen LogP contribution in [-0.2, 0) is 6.18 Å². The number of aromatic nitrogens is 1. The standard InChI is InChI=1S/C15H23F3N4OS/c1-19-14(20-7-3-4-10-24-2)21-8-9-23-13-6-5-12(11-22-13)15(16,17)18/h5-6,11H,3-4,7-10H2,1-2H3,(H2,19,20,21). The van der Waals surface area contributed by atoms with E-state index in [9.17, 15) is 13.2 Å². The third kappa shape index (κ3) is 8.28. The molecule has 0 aliphatic rings. The first-order valence-electron chi connectivity index (χ1n) is 7.57. The molecule has 9 heteroatoms. The van der Waals surface area contributed by atoms with Gasteiger partial charge in [-0.3, -0.25) is 4.99 Å². The summed E-state index contributed by atoms with van der Waals surface area (Å²) >= 11 is 1.82. The van der Waals surface area contributed by atoms with Crippen molar-refractivity contribution in [3.05, 3.63) is 23.9 Å². The molecule has 0 bridgehead atoms. The summed E-state index contributed by atoms with van der Waals surface area (Å²) < 4.78 is 42.5. The van der Waals surface area contributed by atoms with Crippen LogP contribution in [0.1, 0.15) is 18.4 Å². The maximum absolute atomic E-state index is 12.4. The van der Waals surface area contributed by atoms with Crippen molar-refractivity contribution >= 4 is 17.7 Å². The molecule has 5 nitrogen and oxygen atoms in total. The molecule has 0 aromatic carbocycles. The van der Waals surface area contributed by atoms with Crippen molar-refractivity contribution in [3.63, 3.8) is 0 Å². The Morgan fingerprint density at radius 2 is 2.00 bits per heavy atom. The largest absolute Gasteiger partial charge is 0.476 e. The van der Waals surface area contributed by atoms with Gasteiger partial charge in [-0.25, -0.2) is 4.98 Å². The third-order valence-corrected chi connectivity index (χ3v) is 3.70. The first-order valence-corrected chi connectivity index (χ1v) is 8.96. The Balaban J connectivity index is 2.22. The lowest BCUT2D eigenvalue weighted by Gasteiger charge is -2.12. The summed E-state index contributed by atoms with van der Waals surface area (Å²) in [6, 6.07) is 2.16. The van der Waals surface area contributed by atoms with E-state index in [1.54, 1.807) is 7.05 Å². The predicted molar refractivity (Wildman–Crippen MR) is 91.7 cm³/mol. The van der Waals surface area contributed by atoms with Crippen molar-refractivity contribution in [2.45, 2.75) is 19.0 Å². The van der Waals surface area contributed by atoms with E-state index >= 15 is 0 Å². The number of hydrogen-bond acceptors (Lipinski definition) is 4. The summed E-state index contributed by atoms with van der Waals surface area (Å²) in [5.74, 6) is 1.97. The number of ether oxygens (including phenoxy) is 1. The van der Waals surface area contributed by atoms with Crippen LogP contribution in [0.4, 0.5) is 13.2 Å². The average molecular weight is 364 g/mol. The quantitative estimate of drug-likeness (QED) is 0.401. The molecule has 1 aromatic heterocycles. The van der Waals surface area contributed by atoms with Crippen LogP contribution in [0.5, 0.6) is 5.88 Å². The second-order valence-electron chi connectivity index (χ2n) is 4.86. The number of nitrogens with zero attached hydrogens (tertiary/aromatic N) is 2. The molecule has 1 heterocycles. The minimum atomic E-state index is -4.39. The minimum Gasteiger partial charge on any atom is -0.476 e. The molecule has 0 spiro atoms. The summed E-state index contributed by atoms with van der Waals surface area (Å²) in [4.78, 5) is 7.72. The van der Waals surface area contributed by atoms with Gasteiger partial charge in [0.1, 0.15) is 6.61 Å². The molecule has 0 fully saturated rings. The molecule has 0 aliphatic heterocycles. The fraction of sp³-hybridized carbons (Fsp3) is 0.600. The third-order valence-electron chi connectivity index (χ3n) is 3.00. The van der Waals surface area contributed by atoms with Crippen LogP contribution in [-0.4, -0.2) is 49.7 Å². The van der Waals surface area contributed by atoms with E-state index in [4.69, 9.17) is 4.74 Å². The Morgan fingerprint density at radius 3 is 2.58 bits per heavy atom. The highest BCUT2D eigenvalue weighted by atomic mass is 32.2. The van der Waals surface area contributed by atoms with Crippen LogP contribution >= 0.6 is 11.8 Å². The van der Waals surface area contributed by atoms with E-state index in [1.165, 1.54) is 6.07 Å². The van der Waals surface area contributed by atoms with Gasteiger partial charge in [0.15, 0.2) is 5.96 Å². The normalized spacial score (nSPS) is 12.1. The molecule has 0 amide bonds. The van der Waals surface area contributed by atoms with E-state index in [1.807, 2.05) is 11.8 Å². The summed E-state index contributed by atoms with van der Waals surface area (Å²) in [5.41, 5.74) is -0.793. The maximum Gasteiger partial charge on any atom is 0.417 e. The lowest BCUT2D eigenvalue weighted by molar-refractivity contribution is -0.137. The number of thioether (sulfide) groups is 1. The Kier molecular flexibility index (Phi) is 9.36. The van der Waals surface area contributed by atoms with E-state index in [0.29, 0.717) is 12.5 Å². The van der Waals surface area contributed by atoms with Gasteiger partial charge in [-0.2, -0.15) is 24.9 Å². The fourth-order valence-corrected chi connectivity index (χ4v) is 2.25. The molecule has 0 radical (unpaired) electrons. The molecule has 0 aliphatic carbocycles. The summed E-state index contributed by atoms with van der Waals surface area (Å²) in [5, 5.41) is 6.25. The van der Waals surface area contributed by atoms with E-state index in [2.05, 4.69) is 26.9 Å². The van der Waals surface area contributed by atoms with Crippen molar-refractivity contribution in [2.24, 2.45) is 4.99 Å². The van der Waals surface area contributed by atoms with Gasteiger partial charge in [0.05, 0.1) is 12.1 Å². The van der Waals surface area contributed by atoms with Crippen LogP contribution in [0.2, 0.25) is 0 Å². The zero-order valence-electron chi connectivity index (χ0n) is 13.8. The molecule has 2 N–H and O–H groups in total. The van der Waals surface area contributed by atoms with Gasteiger partial charge in [-0.1, -0.05) is 0 Å². The second kappa shape index (κ2) is 11.0. The maximum atomic E-state index is 12.4. The number of hydrogen-bond donors (Lipinski definition) is 2. The molecule has 0 unspecified atom stereocenters. The molecule has 0 saturated heterocycles. The molecular weight excluding hydrogens is 341 g/mol. The van der Waals surface area contributed by atoms with Gasteiger partial charge in [-0.15, -0.1) is 0 Å². The SMILES string of the molecule is CN=C(NCCCCSC)NCCOc1ccc(C(F)(F)F)cn1.